The van der Waals surface area contributed by atoms with Crippen LogP contribution in [0.2, 0.25) is 0 Å². The summed E-state index contributed by atoms with van der Waals surface area (Å²) in [6, 6.07) is 25.7. The van der Waals surface area contributed by atoms with E-state index in [0.29, 0.717) is 5.56 Å². The fourth-order valence-electron chi connectivity index (χ4n) is 5.97. The molecule has 35 heavy (non-hydrogen) atoms. The molecule has 0 spiro atoms. The summed E-state index contributed by atoms with van der Waals surface area (Å²) in [5.74, 6) is 0.0236. The number of carbonyl (C=O) groups excluding carboxylic acids is 1. The topological polar surface area (TPSA) is 67.9 Å². The van der Waals surface area contributed by atoms with E-state index >= 15 is 0 Å². The first-order valence-corrected chi connectivity index (χ1v) is 12.8. The highest BCUT2D eigenvalue weighted by atomic mass is 32.1. The van der Waals surface area contributed by atoms with E-state index in [2.05, 4.69) is 47.4 Å². The van der Waals surface area contributed by atoms with Gasteiger partial charge in [-0.25, -0.2) is 0 Å². The van der Waals surface area contributed by atoms with Crippen molar-refractivity contribution in [3.63, 3.8) is 0 Å². The predicted molar refractivity (Wildman–Crippen MR) is 138 cm³/mol. The summed E-state index contributed by atoms with van der Waals surface area (Å²) in [6.45, 7) is 0. The third-order valence-electron chi connectivity index (χ3n) is 7.49. The summed E-state index contributed by atoms with van der Waals surface area (Å²) in [4.78, 5) is 17.7. The maximum Gasteiger partial charge on any atom is 0.185 e. The fourth-order valence-corrected chi connectivity index (χ4v) is 6.88. The second-order valence-electron chi connectivity index (χ2n) is 9.39. The van der Waals surface area contributed by atoms with E-state index < -0.39 is 6.04 Å². The van der Waals surface area contributed by atoms with Crippen LogP contribution >= 0.6 is 11.3 Å². The molecule has 6 rings (SSSR count). The van der Waals surface area contributed by atoms with Crippen molar-refractivity contribution in [2.24, 2.45) is 11.8 Å². The van der Waals surface area contributed by atoms with E-state index in [9.17, 15) is 15.3 Å². The van der Waals surface area contributed by atoms with Crippen LogP contribution < -0.4 is 4.90 Å². The molecule has 3 aromatic rings. The summed E-state index contributed by atoms with van der Waals surface area (Å²) >= 11 is 1.65. The first-order chi connectivity index (χ1) is 17.2. The molecule has 1 aliphatic carbocycles. The van der Waals surface area contributed by atoms with Gasteiger partial charge < -0.3 is 4.90 Å². The fraction of sp³-hybridized carbons (Fsp3) is 0.233. The van der Waals surface area contributed by atoms with Gasteiger partial charge in [0.15, 0.2) is 5.78 Å². The third kappa shape index (κ3) is 3.52. The number of Topliss-reactive ketones (excluding diaryl/α,β-unsaturated/α-hetero) is 1. The summed E-state index contributed by atoms with van der Waals surface area (Å²) < 4.78 is 0. The highest BCUT2D eigenvalue weighted by Crippen LogP contribution is 2.56. The van der Waals surface area contributed by atoms with Crippen molar-refractivity contribution < 1.29 is 4.79 Å². The number of allylic oxidation sites excluding steroid dienone is 1. The minimum atomic E-state index is -0.440. The Morgan fingerprint density at radius 3 is 2.37 bits per heavy atom. The minimum Gasteiger partial charge on any atom is -0.353 e. The largest absolute Gasteiger partial charge is 0.353 e. The molecule has 0 N–H and O–H groups in total. The lowest BCUT2D eigenvalue weighted by Gasteiger charge is -2.35. The van der Waals surface area contributed by atoms with Gasteiger partial charge in [-0.15, -0.1) is 11.3 Å². The van der Waals surface area contributed by atoms with Crippen molar-refractivity contribution >= 4 is 28.9 Å². The van der Waals surface area contributed by atoms with Gasteiger partial charge in [0.1, 0.15) is 23.8 Å². The Labute approximate surface area is 209 Å². The molecule has 3 heterocycles. The second-order valence-corrected chi connectivity index (χ2v) is 10.4. The number of hydrogen-bond acceptors (Lipinski definition) is 5. The summed E-state index contributed by atoms with van der Waals surface area (Å²) in [5, 5.41) is 21.9. The van der Waals surface area contributed by atoms with Crippen LogP contribution in [0, 0.1) is 34.5 Å². The van der Waals surface area contributed by atoms with Crippen molar-refractivity contribution in [1.29, 1.82) is 10.5 Å². The molecular formula is C30H23N3OS. The van der Waals surface area contributed by atoms with Gasteiger partial charge in [-0.2, -0.15) is 10.5 Å². The van der Waals surface area contributed by atoms with Crippen LogP contribution in [0.25, 0.3) is 6.08 Å². The highest BCUT2D eigenvalue weighted by molar-refractivity contribution is 7.10. The smallest absolute Gasteiger partial charge is 0.185 e. The molecule has 2 aromatic carbocycles. The number of anilines is 1. The van der Waals surface area contributed by atoms with Gasteiger partial charge >= 0.3 is 0 Å². The normalized spacial score (nSPS) is 24.1. The average Bonchev–Trinajstić information content (AvgIpc) is 3.48. The number of carbonyl (C=O) groups is 1. The van der Waals surface area contributed by atoms with Crippen molar-refractivity contribution in [1.82, 2.24) is 0 Å². The zero-order valence-corrected chi connectivity index (χ0v) is 19.9. The number of hydrogen-bond donors (Lipinski definition) is 0. The molecule has 170 valence electrons. The Bertz CT molecular complexity index is 1400. The monoisotopic (exact) mass is 473 g/mol. The van der Waals surface area contributed by atoms with Crippen LogP contribution in [0.3, 0.4) is 0 Å². The first kappa shape index (κ1) is 21.6. The third-order valence-corrected chi connectivity index (χ3v) is 8.46. The van der Waals surface area contributed by atoms with Gasteiger partial charge in [0.25, 0.3) is 0 Å². The SMILES string of the molecule is N#CC(C#N)=C(C1CC1)[C@@H]1[C@H](c2cccs2)[C@H](C(=O)c2ccccc2)N2c3ccccc3C=C[C@H]12. The molecule has 0 bridgehead atoms. The lowest BCUT2D eigenvalue weighted by Crippen LogP contribution is -2.43. The van der Waals surface area contributed by atoms with Crippen LogP contribution in [0.15, 0.2) is 89.3 Å². The molecule has 3 aliphatic rings. The lowest BCUT2D eigenvalue weighted by molar-refractivity contribution is 0.0953. The van der Waals surface area contributed by atoms with Gasteiger partial charge in [0, 0.05) is 28.0 Å². The summed E-state index contributed by atoms with van der Waals surface area (Å²) in [7, 11) is 0. The molecule has 5 heteroatoms. The molecule has 4 atom stereocenters. The zero-order valence-electron chi connectivity index (χ0n) is 19.0. The van der Waals surface area contributed by atoms with E-state index in [0.717, 1.165) is 34.5 Å². The Balaban J connectivity index is 1.61. The molecule has 2 fully saturated rings. The molecule has 1 saturated heterocycles. The number of para-hydroxylation sites is 1. The van der Waals surface area contributed by atoms with E-state index in [1.165, 1.54) is 0 Å². The molecule has 0 radical (unpaired) electrons. The Kier molecular flexibility index (Phi) is 5.36. The molecule has 0 amide bonds. The van der Waals surface area contributed by atoms with Gasteiger partial charge in [0.2, 0.25) is 0 Å². The predicted octanol–water partition coefficient (Wildman–Crippen LogP) is 6.37. The van der Waals surface area contributed by atoms with Crippen LogP contribution in [0.5, 0.6) is 0 Å². The van der Waals surface area contributed by atoms with Gasteiger partial charge in [0.05, 0.1) is 6.04 Å². The molecule has 4 nitrogen and oxygen atoms in total. The molecular weight excluding hydrogens is 450 g/mol. The zero-order chi connectivity index (χ0) is 23.9. The highest BCUT2D eigenvalue weighted by Gasteiger charge is 2.56. The number of ketones is 1. The summed E-state index contributed by atoms with van der Waals surface area (Å²) in [6.07, 6.45) is 6.29. The summed E-state index contributed by atoms with van der Waals surface area (Å²) in [5.41, 5.74) is 3.96. The van der Waals surface area contributed by atoms with E-state index in [4.69, 9.17) is 0 Å². The first-order valence-electron chi connectivity index (χ1n) is 12.0. The van der Waals surface area contributed by atoms with Crippen molar-refractivity contribution in [2.75, 3.05) is 4.90 Å². The van der Waals surface area contributed by atoms with Crippen molar-refractivity contribution in [2.45, 2.75) is 30.8 Å². The van der Waals surface area contributed by atoms with Crippen molar-refractivity contribution in [3.8, 4) is 12.1 Å². The maximum atomic E-state index is 14.3. The van der Waals surface area contributed by atoms with Crippen LogP contribution in [-0.2, 0) is 0 Å². The quantitative estimate of drug-likeness (QED) is 0.319. The van der Waals surface area contributed by atoms with E-state index in [1.807, 2.05) is 53.9 Å². The molecule has 2 aliphatic heterocycles. The van der Waals surface area contributed by atoms with Crippen LogP contribution in [0.1, 0.15) is 39.6 Å². The second kappa shape index (κ2) is 8.69. The molecule has 1 saturated carbocycles. The number of thiophene rings is 1. The van der Waals surface area contributed by atoms with Gasteiger partial charge in [-0.05, 0) is 47.4 Å². The number of nitriles is 2. The average molecular weight is 474 g/mol. The Hall–Kier alpha value is -3.93. The standard InChI is InChI=1S/C30H23N3OS/c31-17-22(18-32)26(20-12-13-20)27-24-15-14-19-7-4-5-10-23(19)33(24)29(28(27)25-11-6-16-35-25)30(34)21-8-2-1-3-9-21/h1-11,14-16,20,24,27-29H,12-13H2/t24-,27-,28+,29-/m1/s1. The lowest BCUT2D eigenvalue weighted by atomic mass is 9.75. The number of benzene rings is 2. The van der Waals surface area contributed by atoms with E-state index in [-0.39, 0.29) is 35.2 Å². The minimum absolute atomic E-state index is 0.0761. The number of fused-ring (bicyclic) bond motifs is 3. The Morgan fingerprint density at radius 2 is 1.69 bits per heavy atom. The van der Waals surface area contributed by atoms with Gasteiger partial charge in [-0.1, -0.05) is 66.7 Å². The van der Waals surface area contributed by atoms with Crippen molar-refractivity contribution in [3.05, 3.63) is 105 Å². The molecule has 0 unspecified atom stereocenters. The van der Waals surface area contributed by atoms with Crippen LogP contribution in [0.4, 0.5) is 5.69 Å². The van der Waals surface area contributed by atoms with Gasteiger partial charge in [-0.3, -0.25) is 4.79 Å². The Morgan fingerprint density at radius 1 is 0.943 bits per heavy atom. The van der Waals surface area contributed by atoms with Crippen LogP contribution in [-0.4, -0.2) is 17.9 Å². The molecule has 1 aromatic heterocycles. The maximum absolute atomic E-state index is 14.3. The van der Waals surface area contributed by atoms with E-state index in [1.54, 1.807) is 11.3 Å². The number of rotatable bonds is 5. The number of nitrogens with zero attached hydrogens (tertiary/aromatic N) is 3.